The van der Waals surface area contributed by atoms with Gasteiger partial charge in [-0.1, -0.05) is 24.3 Å². The summed E-state index contributed by atoms with van der Waals surface area (Å²) >= 11 is 0. The summed E-state index contributed by atoms with van der Waals surface area (Å²) in [5, 5.41) is -2.86. The molecule has 1 N–H and O–H groups in total. The summed E-state index contributed by atoms with van der Waals surface area (Å²) in [5.74, 6) is -4.61. The van der Waals surface area contributed by atoms with Crippen molar-refractivity contribution in [3.8, 4) is 0 Å². The van der Waals surface area contributed by atoms with E-state index < -0.39 is 33.1 Å². The van der Waals surface area contributed by atoms with Gasteiger partial charge >= 0.3 is 21.3 Å². The lowest BCUT2D eigenvalue weighted by Gasteiger charge is -2.26. The minimum Gasteiger partial charge on any atom is -0.350 e. The Kier molecular flexibility index (Phi) is 4.44. The third kappa shape index (κ3) is 2.84. The number of amides is 3. The van der Waals surface area contributed by atoms with Crippen LogP contribution in [0.1, 0.15) is 27.6 Å². The van der Waals surface area contributed by atoms with Gasteiger partial charge in [-0.2, -0.15) is 17.2 Å². The Bertz CT molecular complexity index is 1030. The standard InChI is InChI=1S/C16H12F2N2O6S/c1-2-19-15(23)16(17,18)27(24,25)26-20-13(21)10-7-3-5-9-6-4-8-11(12(9)10)14(20)22/h3-8H,2H2,1H3,(H,19,23). The number of hydroxylamine groups is 2. The van der Waals surface area contributed by atoms with Gasteiger partial charge in [0.05, 0.1) is 11.1 Å². The molecule has 11 heteroatoms. The highest BCUT2D eigenvalue weighted by atomic mass is 32.2. The van der Waals surface area contributed by atoms with Gasteiger partial charge in [-0.25, -0.2) is 0 Å². The molecule has 0 saturated carbocycles. The second-order valence-corrected chi connectivity index (χ2v) is 7.09. The summed E-state index contributed by atoms with van der Waals surface area (Å²) in [6, 6.07) is 8.80. The molecule has 1 aliphatic heterocycles. The summed E-state index contributed by atoms with van der Waals surface area (Å²) in [4.78, 5) is 36.3. The number of carbonyl (C=O) groups excluding carboxylic acids is 3. The molecule has 0 atom stereocenters. The Morgan fingerprint density at radius 2 is 1.63 bits per heavy atom. The number of hydrogen-bond acceptors (Lipinski definition) is 6. The van der Waals surface area contributed by atoms with Crippen LogP contribution in [0.15, 0.2) is 36.4 Å². The SMILES string of the molecule is CCNC(=O)C(F)(F)S(=O)(=O)ON1C(=O)c2cccc3cccc(c23)C1=O. The van der Waals surface area contributed by atoms with Crippen molar-refractivity contribution < 1.29 is 35.9 Å². The maximum Gasteiger partial charge on any atom is 0.448 e. The van der Waals surface area contributed by atoms with Crippen LogP contribution in [0.25, 0.3) is 10.8 Å². The highest BCUT2D eigenvalue weighted by molar-refractivity contribution is 7.88. The molecule has 2 aromatic rings. The second kappa shape index (κ2) is 6.35. The fourth-order valence-corrected chi connectivity index (χ4v) is 3.32. The first-order valence-corrected chi connectivity index (χ1v) is 9.03. The Morgan fingerprint density at radius 1 is 1.11 bits per heavy atom. The first-order chi connectivity index (χ1) is 12.6. The van der Waals surface area contributed by atoms with E-state index in [0.29, 0.717) is 5.39 Å². The van der Waals surface area contributed by atoms with Gasteiger partial charge in [-0.15, -0.1) is 9.35 Å². The van der Waals surface area contributed by atoms with Crippen molar-refractivity contribution in [1.29, 1.82) is 0 Å². The first kappa shape index (κ1) is 18.9. The number of nitrogens with zero attached hydrogens (tertiary/aromatic N) is 1. The van der Waals surface area contributed by atoms with Crippen LogP contribution in [-0.4, -0.2) is 43.0 Å². The fourth-order valence-electron chi connectivity index (χ4n) is 2.60. The Labute approximate surface area is 151 Å². The van der Waals surface area contributed by atoms with E-state index in [1.54, 1.807) is 17.4 Å². The fraction of sp³-hybridized carbons (Fsp3) is 0.188. The molecular formula is C16H12F2N2O6S. The molecule has 0 unspecified atom stereocenters. The predicted octanol–water partition coefficient (Wildman–Crippen LogP) is 1.43. The highest BCUT2D eigenvalue weighted by Gasteiger charge is 2.56. The van der Waals surface area contributed by atoms with E-state index in [1.165, 1.54) is 31.2 Å². The summed E-state index contributed by atoms with van der Waals surface area (Å²) in [5.41, 5.74) is -0.196. The lowest BCUT2D eigenvalue weighted by Crippen LogP contribution is -2.50. The van der Waals surface area contributed by atoms with E-state index in [-0.39, 0.29) is 28.1 Å². The van der Waals surface area contributed by atoms with E-state index in [0.717, 1.165) is 0 Å². The average Bonchev–Trinajstić information content (AvgIpc) is 2.63. The highest BCUT2D eigenvalue weighted by Crippen LogP contribution is 2.32. The van der Waals surface area contributed by atoms with Crippen molar-refractivity contribution in [3.63, 3.8) is 0 Å². The van der Waals surface area contributed by atoms with Crippen LogP contribution in [0.3, 0.4) is 0 Å². The molecule has 0 aromatic heterocycles. The maximum absolute atomic E-state index is 13.9. The third-order valence-electron chi connectivity index (χ3n) is 3.82. The molecule has 0 bridgehead atoms. The summed E-state index contributed by atoms with van der Waals surface area (Å²) in [6.45, 7) is 1.04. The number of benzene rings is 2. The van der Waals surface area contributed by atoms with Crippen LogP contribution < -0.4 is 5.32 Å². The minimum atomic E-state index is -5.98. The van der Waals surface area contributed by atoms with Gasteiger partial charge in [0.15, 0.2) is 0 Å². The molecule has 2 aromatic carbocycles. The van der Waals surface area contributed by atoms with Crippen LogP contribution in [0, 0.1) is 0 Å². The van der Waals surface area contributed by atoms with Gasteiger partial charge < -0.3 is 5.32 Å². The summed E-state index contributed by atoms with van der Waals surface area (Å²) < 4.78 is 55.8. The zero-order valence-electron chi connectivity index (χ0n) is 13.7. The van der Waals surface area contributed by atoms with Crippen molar-refractivity contribution in [1.82, 2.24) is 10.4 Å². The summed E-state index contributed by atoms with van der Waals surface area (Å²) in [6.07, 6.45) is 0. The Hall–Kier alpha value is -2.92. The number of nitrogens with one attached hydrogen (secondary N) is 1. The molecule has 8 nitrogen and oxygen atoms in total. The molecule has 3 amide bonds. The molecule has 1 aliphatic rings. The lowest BCUT2D eigenvalue weighted by molar-refractivity contribution is -0.137. The van der Waals surface area contributed by atoms with E-state index in [1.807, 2.05) is 0 Å². The molecule has 0 aliphatic carbocycles. The zero-order chi connectivity index (χ0) is 20.0. The molecule has 0 fully saturated rings. The molecule has 142 valence electrons. The van der Waals surface area contributed by atoms with Gasteiger partial charge in [0.1, 0.15) is 0 Å². The average molecular weight is 398 g/mol. The van der Waals surface area contributed by atoms with Crippen LogP contribution in [-0.2, 0) is 19.2 Å². The molecule has 27 heavy (non-hydrogen) atoms. The lowest BCUT2D eigenvalue weighted by atomic mass is 9.95. The van der Waals surface area contributed by atoms with Crippen LogP contribution in [0.2, 0.25) is 0 Å². The third-order valence-corrected chi connectivity index (χ3v) is 4.98. The van der Waals surface area contributed by atoms with Crippen LogP contribution in [0.5, 0.6) is 0 Å². The number of carbonyl (C=O) groups is 3. The molecule has 0 spiro atoms. The van der Waals surface area contributed by atoms with Crippen LogP contribution in [0.4, 0.5) is 8.78 Å². The largest absolute Gasteiger partial charge is 0.448 e. The van der Waals surface area contributed by atoms with E-state index in [9.17, 15) is 31.6 Å². The van der Waals surface area contributed by atoms with Crippen molar-refractivity contribution in [2.45, 2.75) is 12.2 Å². The molecule has 3 rings (SSSR count). The number of imide groups is 1. The quantitative estimate of drug-likeness (QED) is 0.763. The number of hydrogen-bond donors (Lipinski definition) is 1. The molecule has 0 radical (unpaired) electrons. The zero-order valence-corrected chi connectivity index (χ0v) is 14.5. The number of halogens is 2. The van der Waals surface area contributed by atoms with Crippen molar-refractivity contribution in [2.24, 2.45) is 0 Å². The maximum atomic E-state index is 13.9. The van der Waals surface area contributed by atoms with Crippen LogP contribution >= 0.6 is 0 Å². The van der Waals surface area contributed by atoms with Gasteiger partial charge in [-0.3, -0.25) is 14.4 Å². The smallest absolute Gasteiger partial charge is 0.350 e. The number of alkyl halides is 2. The minimum absolute atomic E-state index is 0.0979. The first-order valence-electron chi connectivity index (χ1n) is 7.62. The van der Waals surface area contributed by atoms with Gasteiger partial charge in [-0.05, 0) is 24.4 Å². The van der Waals surface area contributed by atoms with Crippen molar-refractivity contribution in [3.05, 3.63) is 47.5 Å². The second-order valence-electron chi connectivity index (χ2n) is 5.52. The van der Waals surface area contributed by atoms with Gasteiger partial charge in [0.2, 0.25) is 0 Å². The van der Waals surface area contributed by atoms with Gasteiger partial charge in [0, 0.05) is 11.9 Å². The normalized spacial score (nSPS) is 14.6. The molecular weight excluding hydrogens is 386 g/mol. The topological polar surface area (TPSA) is 110 Å². The predicted molar refractivity (Wildman–Crippen MR) is 88.1 cm³/mol. The van der Waals surface area contributed by atoms with E-state index in [4.69, 9.17) is 0 Å². The van der Waals surface area contributed by atoms with E-state index in [2.05, 4.69) is 4.28 Å². The molecule has 1 heterocycles. The van der Waals surface area contributed by atoms with Gasteiger partial charge in [0.25, 0.3) is 11.8 Å². The number of rotatable bonds is 5. The summed E-state index contributed by atoms with van der Waals surface area (Å²) in [7, 11) is -5.98. The monoisotopic (exact) mass is 398 g/mol. The van der Waals surface area contributed by atoms with E-state index >= 15 is 0 Å². The Morgan fingerprint density at radius 3 is 2.11 bits per heavy atom. The van der Waals surface area contributed by atoms with Crippen molar-refractivity contribution >= 4 is 38.6 Å². The van der Waals surface area contributed by atoms with Crippen molar-refractivity contribution in [2.75, 3.05) is 6.54 Å². The molecule has 0 saturated heterocycles. The Balaban J connectivity index is 2.03.